The first-order chi connectivity index (χ1) is 10.6. The van der Waals surface area contributed by atoms with E-state index in [4.69, 9.17) is 4.74 Å². The van der Waals surface area contributed by atoms with Gasteiger partial charge in [0.05, 0.1) is 18.8 Å². The molecular formula is C17H27NO4. The summed E-state index contributed by atoms with van der Waals surface area (Å²) in [6, 6.07) is 7.90. The van der Waals surface area contributed by atoms with Gasteiger partial charge in [-0.25, -0.2) is 0 Å². The highest BCUT2D eigenvalue weighted by Crippen LogP contribution is 2.17. The van der Waals surface area contributed by atoms with Crippen LogP contribution in [-0.4, -0.2) is 58.2 Å². The number of benzene rings is 1. The van der Waals surface area contributed by atoms with E-state index in [0.717, 1.165) is 24.3 Å². The lowest BCUT2D eigenvalue weighted by Gasteiger charge is -2.36. The van der Waals surface area contributed by atoms with Crippen LogP contribution < -0.4 is 4.74 Å². The number of nitrogens with zero attached hydrogens (tertiary/aromatic N) is 1. The van der Waals surface area contributed by atoms with E-state index in [0.29, 0.717) is 19.6 Å². The molecule has 1 unspecified atom stereocenters. The number of rotatable bonds is 7. The Morgan fingerprint density at radius 3 is 2.27 bits per heavy atom. The SMILES string of the molecule is CCCCCOc1ccc(CN2C[C@@H](O)C(O)[C@@H](O)C2)cc1. The monoisotopic (exact) mass is 309 g/mol. The van der Waals surface area contributed by atoms with Crippen LogP contribution >= 0.6 is 0 Å². The molecule has 0 bridgehead atoms. The third-order valence-electron chi connectivity index (χ3n) is 4.03. The molecule has 1 fully saturated rings. The fourth-order valence-electron chi connectivity index (χ4n) is 2.70. The van der Waals surface area contributed by atoms with Gasteiger partial charge in [0, 0.05) is 19.6 Å². The van der Waals surface area contributed by atoms with E-state index in [-0.39, 0.29) is 0 Å². The van der Waals surface area contributed by atoms with Crippen molar-refractivity contribution in [1.29, 1.82) is 0 Å². The maximum Gasteiger partial charge on any atom is 0.119 e. The Labute approximate surface area is 132 Å². The minimum Gasteiger partial charge on any atom is -0.494 e. The number of likely N-dealkylation sites (tertiary alicyclic amines) is 1. The van der Waals surface area contributed by atoms with Crippen LogP contribution in [0, 0.1) is 0 Å². The van der Waals surface area contributed by atoms with Crippen molar-refractivity contribution in [3.8, 4) is 5.75 Å². The first-order valence-electron chi connectivity index (χ1n) is 8.08. The van der Waals surface area contributed by atoms with Gasteiger partial charge in [0.15, 0.2) is 0 Å². The van der Waals surface area contributed by atoms with Crippen LogP contribution in [0.4, 0.5) is 0 Å². The number of hydrogen-bond acceptors (Lipinski definition) is 5. The summed E-state index contributed by atoms with van der Waals surface area (Å²) < 4.78 is 5.67. The van der Waals surface area contributed by atoms with Gasteiger partial charge in [0.1, 0.15) is 11.9 Å². The quantitative estimate of drug-likeness (QED) is 0.659. The molecule has 1 heterocycles. The second kappa shape index (κ2) is 8.48. The van der Waals surface area contributed by atoms with Gasteiger partial charge in [-0.3, -0.25) is 4.90 Å². The van der Waals surface area contributed by atoms with Crippen molar-refractivity contribution in [3.05, 3.63) is 29.8 Å². The molecule has 0 aliphatic carbocycles. The van der Waals surface area contributed by atoms with Gasteiger partial charge in [0.25, 0.3) is 0 Å². The smallest absolute Gasteiger partial charge is 0.119 e. The molecule has 0 spiro atoms. The van der Waals surface area contributed by atoms with Gasteiger partial charge < -0.3 is 20.1 Å². The molecule has 124 valence electrons. The lowest BCUT2D eigenvalue weighted by Crippen LogP contribution is -2.54. The second-order valence-corrected chi connectivity index (χ2v) is 6.02. The van der Waals surface area contributed by atoms with Crippen molar-refractivity contribution in [3.63, 3.8) is 0 Å². The van der Waals surface area contributed by atoms with Crippen LogP contribution in [0.1, 0.15) is 31.7 Å². The molecule has 0 radical (unpaired) electrons. The Kier molecular flexibility index (Phi) is 6.64. The van der Waals surface area contributed by atoms with Crippen molar-refractivity contribution in [2.24, 2.45) is 0 Å². The van der Waals surface area contributed by atoms with Crippen LogP contribution in [0.5, 0.6) is 5.75 Å². The van der Waals surface area contributed by atoms with Crippen LogP contribution in [0.2, 0.25) is 0 Å². The molecule has 1 aliphatic heterocycles. The third kappa shape index (κ3) is 4.95. The highest BCUT2D eigenvalue weighted by Gasteiger charge is 2.33. The largest absolute Gasteiger partial charge is 0.494 e. The Morgan fingerprint density at radius 1 is 1.05 bits per heavy atom. The predicted octanol–water partition coefficient (Wildman–Crippen LogP) is 1.15. The van der Waals surface area contributed by atoms with Gasteiger partial charge in [-0.05, 0) is 24.1 Å². The topological polar surface area (TPSA) is 73.2 Å². The van der Waals surface area contributed by atoms with Gasteiger partial charge in [-0.15, -0.1) is 0 Å². The van der Waals surface area contributed by atoms with Crippen molar-refractivity contribution in [2.45, 2.75) is 51.0 Å². The number of aliphatic hydroxyl groups is 3. The van der Waals surface area contributed by atoms with E-state index in [2.05, 4.69) is 6.92 Å². The maximum atomic E-state index is 9.71. The van der Waals surface area contributed by atoms with Crippen molar-refractivity contribution < 1.29 is 20.1 Å². The van der Waals surface area contributed by atoms with Gasteiger partial charge in [0.2, 0.25) is 0 Å². The first kappa shape index (κ1) is 17.2. The van der Waals surface area contributed by atoms with E-state index >= 15 is 0 Å². The Bertz CT molecular complexity index is 425. The summed E-state index contributed by atoms with van der Waals surface area (Å²) in [4.78, 5) is 1.94. The zero-order valence-electron chi connectivity index (χ0n) is 13.2. The second-order valence-electron chi connectivity index (χ2n) is 6.02. The van der Waals surface area contributed by atoms with Gasteiger partial charge >= 0.3 is 0 Å². The van der Waals surface area contributed by atoms with Crippen LogP contribution in [0.25, 0.3) is 0 Å². The van der Waals surface area contributed by atoms with Crippen molar-refractivity contribution in [2.75, 3.05) is 19.7 Å². The summed E-state index contributed by atoms with van der Waals surface area (Å²) in [5, 5.41) is 29.0. The van der Waals surface area contributed by atoms with E-state index < -0.39 is 18.3 Å². The van der Waals surface area contributed by atoms with Crippen molar-refractivity contribution >= 4 is 0 Å². The molecule has 2 rings (SSSR count). The zero-order chi connectivity index (χ0) is 15.9. The number of β-amino-alcohol motifs (C(OH)–C–C–N with tert-alkyl or cyclic N) is 2. The molecule has 1 aliphatic rings. The highest BCUT2D eigenvalue weighted by molar-refractivity contribution is 5.27. The highest BCUT2D eigenvalue weighted by atomic mass is 16.5. The number of aliphatic hydroxyl groups excluding tert-OH is 3. The molecule has 5 heteroatoms. The average Bonchev–Trinajstić information content (AvgIpc) is 2.51. The summed E-state index contributed by atoms with van der Waals surface area (Å²) in [5.74, 6) is 0.869. The number of ether oxygens (including phenoxy) is 1. The summed E-state index contributed by atoms with van der Waals surface area (Å²) in [5.41, 5.74) is 1.09. The predicted molar refractivity (Wildman–Crippen MR) is 84.8 cm³/mol. The zero-order valence-corrected chi connectivity index (χ0v) is 13.2. The molecule has 1 aromatic carbocycles. The summed E-state index contributed by atoms with van der Waals surface area (Å²) >= 11 is 0. The summed E-state index contributed by atoms with van der Waals surface area (Å²) in [7, 11) is 0. The molecule has 1 aromatic rings. The molecule has 0 saturated carbocycles. The number of unbranched alkanes of at least 4 members (excludes halogenated alkanes) is 2. The lowest BCUT2D eigenvalue weighted by molar-refractivity contribution is -0.111. The minimum atomic E-state index is -1.05. The van der Waals surface area contributed by atoms with E-state index in [9.17, 15) is 15.3 Å². The van der Waals surface area contributed by atoms with Crippen LogP contribution in [0.15, 0.2) is 24.3 Å². The fourth-order valence-corrected chi connectivity index (χ4v) is 2.70. The Morgan fingerprint density at radius 2 is 1.68 bits per heavy atom. The molecule has 0 aromatic heterocycles. The van der Waals surface area contributed by atoms with Crippen LogP contribution in [0.3, 0.4) is 0 Å². The molecule has 3 N–H and O–H groups in total. The van der Waals surface area contributed by atoms with Gasteiger partial charge in [-0.2, -0.15) is 0 Å². The molecule has 0 amide bonds. The first-order valence-corrected chi connectivity index (χ1v) is 8.08. The standard InChI is InChI=1S/C17H27NO4/c1-2-3-4-9-22-14-7-5-13(6-8-14)10-18-11-15(19)17(21)16(20)12-18/h5-8,15-17,19-21H,2-4,9-12H2,1H3/t15-,16+,17?. The normalized spacial score (nSPS) is 26.1. The van der Waals surface area contributed by atoms with E-state index in [1.807, 2.05) is 29.2 Å². The van der Waals surface area contributed by atoms with E-state index in [1.54, 1.807) is 0 Å². The minimum absolute atomic E-state index is 0.369. The summed E-state index contributed by atoms with van der Waals surface area (Å²) in [6.45, 7) is 4.29. The number of piperidine rings is 1. The fraction of sp³-hybridized carbons (Fsp3) is 0.647. The lowest BCUT2D eigenvalue weighted by atomic mass is 10.0. The third-order valence-corrected chi connectivity index (χ3v) is 4.03. The number of hydrogen-bond donors (Lipinski definition) is 3. The molecular weight excluding hydrogens is 282 g/mol. The molecule has 22 heavy (non-hydrogen) atoms. The molecule has 3 atom stereocenters. The molecule has 1 saturated heterocycles. The summed E-state index contributed by atoms with van der Waals surface area (Å²) in [6.07, 6.45) is 0.600. The Hall–Kier alpha value is -1.14. The Balaban J connectivity index is 1.81. The van der Waals surface area contributed by atoms with Gasteiger partial charge in [-0.1, -0.05) is 31.9 Å². The molecule has 5 nitrogen and oxygen atoms in total. The average molecular weight is 309 g/mol. The van der Waals surface area contributed by atoms with Crippen LogP contribution in [-0.2, 0) is 6.54 Å². The maximum absolute atomic E-state index is 9.71. The van der Waals surface area contributed by atoms with Crippen molar-refractivity contribution in [1.82, 2.24) is 4.90 Å². The van der Waals surface area contributed by atoms with E-state index in [1.165, 1.54) is 12.8 Å².